The summed E-state index contributed by atoms with van der Waals surface area (Å²) in [5.41, 5.74) is 7.07. The molecule has 0 aliphatic carbocycles. The number of nitriles is 1. The number of nitrogens with zero attached hydrogens (tertiary/aromatic N) is 2. The Morgan fingerprint density at radius 2 is 2.31 bits per heavy atom. The molecule has 0 aromatic heterocycles. The van der Waals surface area contributed by atoms with Crippen LogP contribution in [0.5, 0.6) is 0 Å². The molecule has 16 heavy (non-hydrogen) atoms. The molecule has 4 nitrogen and oxygen atoms in total. The lowest BCUT2D eigenvalue weighted by molar-refractivity contribution is -0.117. The highest BCUT2D eigenvalue weighted by Gasteiger charge is 2.29. The number of hydrogen-bond acceptors (Lipinski definition) is 3. The van der Waals surface area contributed by atoms with Crippen molar-refractivity contribution >= 4 is 27.5 Å². The third-order valence-electron chi connectivity index (χ3n) is 2.52. The summed E-state index contributed by atoms with van der Waals surface area (Å²) in [4.78, 5) is 13.3. The van der Waals surface area contributed by atoms with Gasteiger partial charge in [0.05, 0.1) is 17.3 Å². The second-order valence-electron chi connectivity index (χ2n) is 3.75. The van der Waals surface area contributed by atoms with Gasteiger partial charge in [-0.2, -0.15) is 5.26 Å². The van der Waals surface area contributed by atoms with E-state index >= 15 is 0 Å². The van der Waals surface area contributed by atoms with Crippen molar-refractivity contribution in [1.29, 1.82) is 5.26 Å². The van der Waals surface area contributed by atoms with Crippen LogP contribution in [0.15, 0.2) is 22.7 Å². The summed E-state index contributed by atoms with van der Waals surface area (Å²) in [6.45, 7) is 0.531. The van der Waals surface area contributed by atoms with Gasteiger partial charge in [-0.25, -0.2) is 0 Å². The van der Waals surface area contributed by atoms with Crippen molar-refractivity contribution < 1.29 is 4.79 Å². The largest absolute Gasteiger partial charge is 0.326 e. The second-order valence-corrected chi connectivity index (χ2v) is 4.60. The number of carbonyl (C=O) groups excluding carboxylic acids is 1. The zero-order valence-corrected chi connectivity index (χ0v) is 10.1. The fraction of sp³-hybridized carbons (Fsp3) is 0.273. The molecule has 1 aromatic carbocycles. The molecule has 1 aromatic rings. The molecule has 1 amide bonds. The molecule has 1 aliphatic heterocycles. The normalized spacial score (nSPS) is 19.9. The van der Waals surface area contributed by atoms with Crippen LogP contribution < -0.4 is 10.6 Å². The van der Waals surface area contributed by atoms with Crippen molar-refractivity contribution in [2.75, 3.05) is 11.4 Å². The Labute approximate surface area is 102 Å². The van der Waals surface area contributed by atoms with Crippen LogP contribution in [-0.2, 0) is 4.79 Å². The maximum Gasteiger partial charge on any atom is 0.228 e. The van der Waals surface area contributed by atoms with E-state index in [9.17, 15) is 4.79 Å². The zero-order chi connectivity index (χ0) is 11.7. The molecule has 2 rings (SSSR count). The molecule has 1 aliphatic rings. The van der Waals surface area contributed by atoms with E-state index in [1.807, 2.05) is 6.07 Å². The molecule has 1 saturated heterocycles. The van der Waals surface area contributed by atoms with Gasteiger partial charge in [-0.1, -0.05) is 0 Å². The molecule has 0 saturated carbocycles. The molecule has 0 radical (unpaired) electrons. The van der Waals surface area contributed by atoms with Gasteiger partial charge in [0.2, 0.25) is 5.91 Å². The minimum Gasteiger partial charge on any atom is -0.326 e. The van der Waals surface area contributed by atoms with E-state index in [0.29, 0.717) is 18.5 Å². The Kier molecular flexibility index (Phi) is 2.95. The molecule has 1 atom stereocenters. The Hall–Kier alpha value is -1.38. The molecular formula is C11H10BrN3O. The van der Waals surface area contributed by atoms with E-state index in [-0.39, 0.29) is 11.9 Å². The Morgan fingerprint density at radius 3 is 2.81 bits per heavy atom. The number of hydrogen-bond donors (Lipinski definition) is 1. The Morgan fingerprint density at radius 1 is 1.56 bits per heavy atom. The third-order valence-corrected chi connectivity index (χ3v) is 3.16. The number of benzene rings is 1. The fourth-order valence-corrected chi connectivity index (χ4v) is 2.36. The van der Waals surface area contributed by atoms with Crippen molar-refractivity contribution in [3.63, 3.8) is 0 Å². The first kappa shape index (κ1) is 11.1. The predicted octanol–water partition coefficient (Wildman–Crippen LogP) is 1.38. The van der Waals surface area contributed by atoms with Gasteiger partial charge in [0.15, 0.2) is 0 Å². The first-order valence-electron chi connectivity index (χ1n) is 4.87. The van der Waals surface area contributed by atoms with Gasteiger partial charge in [0, 0.05) is 23.5 Å². The summed E-state index contributed by atoms with van der Waals surface area (Å²) >= 11 is 3.36. The Bertz CT molecular complexity index is 481. The zero-order valence-electron chi connectivity index (χ0n) is 8.48. The number of carbonyl (C=O) groups is 1. The Balaban J connectivity index is 2.35. The van der Waals surface area contributed by atoms with Crippen LogP contribution in [0.25, 0.3) is 0 Å². The summed E-state index contributed by atoms with van der Waals surface area (Å²) in [6, 6.07) is 7.10. The van der Waals surface area contributed by atoms with Crippen LogP contribution in [-0.4, -0.2) is 18.5 Å². The van der Waals surface area contributed by atoms with E-state index in [2.05, 4.69) is 15.9 Å². The monoisotopic (exact) mass is 279 g/mol. The van der Waals surface area contributed by atoms with Crippen molar-refractivity contribution in [2.24, 2.45) is 5.73 Å². The summed E-state index contributed by atoms with van der Waals surface area (Å²) < 4.78 is 0.744. The summed E-state index contributed by atoms with van der Waals surface area (Å²) in [5.74, 6) is 0.0258. The molecule has 1 heterocycles. The lowest BCUT2D eigenvalue weighted by Crippen LogP contribution is -2.28. The molecule has 2 N–H and O–H groups in total. The molecule has 0 spiro atoms. The van der Waals surface area contributed by atoms with Crippen LogP contribution in [0.1, 0.15) is 12.0 Å². The van der Waals surface area contributed by atoms with E-state index in [4.69, 9.17) is 11.0 Å². The first-order valence-corrected chi connectivity index (χ1v) is 5.66. The minimum atomic E-state index is -0.102. The molecule has 0 bridgehead atoms. The highest BCUT2D eigenvalue weighted by Crippen LogP contribution is 2.30. The van der Waals surface area contributed by atoms with Crippen LogP contribution in [0, 0.1) is 11.3 Å². The first-order chi connectivity index (χ1) is 7.61. The SMILES string of the molecule is N#Cc1ccc(N2CC(N)CC2=O)c(Br)c1. The molecule has 1 fully saturated rings. The van der Waals surface area contributed by atoms with Gasteiger partial charge in [-0.3, -0.25) is 4.79 Å². The van der Waals surface area contributed by atoms with Crippen LogP contribution in [0.4, 0.5) is 5.69 Å². The van der Waals surface area contributed by atoms with Crippen molar-refractivity contribution in [3.8, 4) is 6.07 Å². The highest BCUT2D eigenvalue weighted by atomic mass is 79.9. The number of halogens is 1. The highest BCUT2D eigenvalue weighted by molar-refractivity contribution is 9.10. The number of amides is 1. The topological polar surface area (TPSA) is 70.1 Å². The minimum absolute atomic E-state index is 0.0258. The second kappa shape index (κ2) is 4.24. The van der Waals surface area contributed by atoms with E-state index < -0.39 is 0 Å². The molecular weight excluding hydrogens is 270 g/mol. The van der Waals surface area contributed by atoms with Gasteiger partial charge in [-0.15, -0.1) is 0 Å². The average Bonchev–Trinajstić information content (AvgIpc) is 2.57. The summed E-state index contributed by atoms with van der Waals surface area (Å²) in [5, 5.41) is 8.74. The number of nitrogens with two attached hydrogens (primary N) is 1. The van der Waals surface area contributed by atoms with E-state index in [1.165, 1.54) is 0 Å². The van der Waals surface area contributed by atoms with E-state index in [0.717, 1.165) is 10.2 Å². The fourth-order valence-electron chi connectivity index (χ4n) is 1.76. The average molecular weight is 280 g/mol. The quantitative estimate of drug-likeness (QED) is 0.845. The molecule has 5 heteroatoms. The van der Waals surface area contributed by atoms with Crippen molar-refractivity contribution in [2.45, 2.75) is 12.5 Å². The van der Waals surface area contributed by atoms with Gasteiger partial charge in [-0.05, 0) is 34.1 Å². The third kappa shape index (κ3) is 1.94. The standard InChI is InChI=1S/C11H10BrN3O/c12-9-3-7(5-13)1-2-10(9)15-6-8(14)4-11(15)16/h1-3,8H,4,6,14H2. The smallest absolute Gasteiger partial charge is 0.228 e. The van der Waals surface area contributed by atoms with Gasteiger partial charge in [0.25, 0.3) is 0 Å². The van der Waals surface area contributed by atoms with Gasteiger partial charge in [0.1, 0.15) is 0 Å². The summed E-state index contributed by atoms with van der Waals surface area (Å²) in [7, 11) is 0. The number of anilines is 1. The molecule has 1 unspecified atom stereocenters. The predicted molar refractivity (Wildman–Crippen MR) is 63.8 cm³/mol. The number of rotatable bonds is 1. The van der Waals surface area contributed by atoms with Crippen LogP contribution in [0.2, 0.25) is 0 Å². The summed E-state index contributed by atoms with van der Waals surface area (Å²) in [6.07, 6.45) is 0.381. The lowest BCUT2D eigenvalue weighted by Gasteiger charge is -2.17. The van der Waals surface area contributed by atoms with Crippen LogP contribution >= 0.6 is 15.9 Å². The maximum atomic E-state index is 11.7. The van der Waals surface area contributed by atoms with Crippen molar-refractivity contribution in [3.05, 3.63) is 28.2 Å². The van der Waals surface area contributed by atoms with Gasteiger partial charge >= 0.3 is 0 Å². The van der Waals surface area contributed by atoms with E-state index in [1.54, 1.807) is 23.1 Å². The maximum absolute atomic E-state index is 11.7. The van der Waals surface area contributed by atoms with Crippen molar-refractivity contribution in [1.82, 2.24) is 0 Å². The van der Waals surface area contributed by atoms with Gasteiger partial charge < -0.3 is 10.6 Å². The van der Waals surface area contributed by atoms with Crippen LogP contribution in [0.3, 0.4) is 0 Å². The lowest BCUT2D eigenvalue weighted by atomic mass is 10.2. The molecule has 82 valence electrons.